The van der Waals surface area contributed by atoms with Gasteiger partial charge in [-0.2, -0.15) is 0 Å². The van der Waals surface area contributed by atoms with Gasteiger partial charge in [-0.25, -0.2) is 4.79 Å². The van der Waals surface area contributed by atoms with Gasteiger partial charge in [0.25, 0.3) is 0 Å². The summed E-state index contributed by atoms with van der Waals surface area (Å²) in [6, 6.07) is 7.03. The van der Waals surface area contributed by atoms with Crippen LogP contribution in [0, 0.1) is 0 Å². The number of aliphatic hydroxyl groups excluding tert-OH is 1. The molecule has 0 saturated heterocycles. The summed E-state index contributed by atoms with van der Waals surface area (Å²) >= 11 is 1.42. The summed E-state index contributed by atoms with van der Waals surface area (Å²) in [6.45, 7) is 0. The summed E-state index contributed by atoms with van der Waals surface area (Å²) in [7, 11) is 3.21. The Morgan fingerprint density at radius 2 is 2.20 bits per heavy atom. The molecule has 2 heterocycles. The molecule has 6 heteroatoms. The van der Waals surface area contributed by atoms with E-state index in [2.05, 4.69) is 0 Å². The van der Waals surface area contributed by atoms with E-state index in [0.29, 0.717) is 22.4 Å². The Bertz CT molecular complexity index is 814. The van der Waals surface area contributed by atoms with E-state index in [-0.39, 0.29) is 0 Å². The fraction of sp³-hybridized carbons (Fsp3) is 0.214. The van der Waals surface area contributed by atoms with Crippen molar-refractivity contribution < 1.29 is 14.3 Å². The molecule has 1 aromatic carbocycles. The highest BCUT2D eigenvalue weighted by Crippen LogP contribution is 2.35. The molecule has 0 fully saturated rings. The van der Waals surface area contributed by atoms with Gasteiger partial charge in [-0.05, 0) is 29.1 Å². The first-order chi connectivity index (χ1) is 9.61. The molecule has 0 amide bonds. The predicted molar refractivity (Wildman–Crippen MR) is 76.4 cm³/mol. The lowest BCUT2D eigenvalue weighted by molar-refractivity contribution is 0.219. The maximum absolute atomic E-state index is 11.5. The lowest BCUT2D eigenvalue weighted by atomic mass is 10.1. The average molecular weight is 291 g/mol. The van der Waals surface area contributed by atoms with E-state index in [0.717, 1.165) is 4.88 Å². The van der Waals surface area contributed by atoms with Gasteiger partial charge in [0, 0.05) is 7.05 Å². The fourth-order valence-corrected chi connectivity index (χ4v) is 3.02. The molecule has 2 aromatic heterocycles. The minimum Gasteiger partial charge on any atom is -0.495 e. The summed E-state index contributed by atoms with van der Waals surface area (Å²) in [5.41, 5.74) is 1.82. The Balaban J connectivity index is 2.08. The van der Waals surface area contributed by atoms with Gasteiger partial charge in [-0.15, -0.1) is 11.3 Å². The molecule has 20 heavy (non-hydrogen) atoms. The smallest absolute Gasteiger partial charge is 0.419 e. The van der Waals surface area contributed by atoms with Crippen molar-refractivity contribution in [3.8, 4) is 5.75 Å². The van der Waals surface area contributed by atoms with Gasteiger partial charge >= 0.3 is 5.76 Å². The number of oxazole rings is 1. The largest absolute Gasteiger partial charge is 0.495 e. The molecule has 5 nitrogen and oxygen atoms in total. The molecular formula is C14H13NO4S. The summed E-state index contributed by atoms with van der Waals surface area (Å²) in [5.74, 6) is 0.234. The third-order valence-electron chi connectivity index (χ3n) is 3.26. The number of aryl methyl sites for hydroxylation is 1. The van der Waals surface area contributed by atoms with Crippen LogP contribution in [0.3, 0.4) is 0 Å². The second-order valence-corrected chi connectivity index (χ2v) is 5.36. The lowest BCUT2D eigenvalue weighted by Crippen LogP contribution is -2.08. The molecule has 3 rings (SSSR count). The van der Waals surface area contributed by atoms with E-state index in [9.17, 15) is 9.90 Å². The van der Waals surface area contributed by atoms with Crippen molar-refractivity contribution in [3.63, 3.8) is 0 Å². The van der Waals surface area contributed by atoms with E-state index in [1.807, 2.05) is 11.4 Å². The highest BCUT2D eigenvalue weighted by Gasteiger charge is 2.18. The number of aromatic nitrogens is 1. The van der Waals surface area contributed by atoms with Crippen molar-refractivity contribution in [1.82, 2.24) is 4.57 Å². The molecule has 0 saturated carbocycles. The number of benzene rings is 1. The number of hydrogen-bond acceptors (Lipinski definition) is 5. The first kappa shape index (κ1) is 13.0. The number of hydrogen-bond donors (Lipinski definition) is 1. The maximum atomic E-state index is 11.5. The van der Waals surface area contributed by atoms with Crippen LogP contribution in [0.4, 0.5) is 0 Å². The number of rotatable bonds is 3. The molecule has 0 aliphatic heterocycles. The molecule has 104 valence electrons. The molecule has 0 spiro atoms. The first-order valence-electron chi connectivity index (χ1n) is 6.00. The molecule has 0 radical (unpaired) electrons. The molecule has 0 aliphatic rings. The van der Waals surface area contributed by atoms with Crippen LogP contribution in [-0.4, -0.2) is 16.8 Å². The third kappa shape index (κ3) is 1.93. The minimum absolute atomic E-state index is 0.416. The van der Waals surface area contributed by atoms with Crippen LogP contribution in [-0.2, 0) is 7.05 Å². The average Bonchev–Trinajstić information content (AvgIpc) is 3.03. The molecule has 1 atom stereocenters. The Morgan fingerprint density at radius 3 is 2.95 bits per heavy atom. The highest BCUT2D eigenvalue weighted by molar-refractivity contribution is 7.10. The van der Waals surface area contributed by atoms with Crippen molar-refractivity contribution in [3.05, 3.63) is 50.6 Å². The van der Waals surface area contributed by atoms with E-state index in [4.69, 9.17) is 9.15 Å². The zero-order valence-corrected chi connectivity index (χ0v) is 11.8. The number of thiophene rings is 1. The Kier molecular flexibility index (Phi) is 3.11. The molecule has 0 aliphatic carbocycles. The van der Waals surface area contributed by atoms with Crippen LogP contribution in [0.1, 0.15) is 16.5 Å². The lowest BCUT2D eigenvalue weighted by Gasteiger charge is -2.11. The summed E-state index contributed by atoms with van der Waals surface area (Å²) in [4.78, 5) is 12.2. The number of fused-ring (bicyclic) bond motifs is 1. The van der Waals surface area contributed by atoms with Crippen LogP contribution >= 0.6 is 11.3 Å². The maximum Gasteiger partial charge on any atom is 0.419 e. The van der Waals surface area contributed by atoms with Gasteiger partial charge < -0.3 is 14.3 Å². The number of nitrogens with zero attached hydrogens (tertiary/aromatic N) is 1. The monoisotopic (exact) mass is 291 g/mol. The molecule has 1 N–H and O–H groups in total. The van der Waals surface area contributed by atoms with Gasteiger partial charge in [0.15, 0.2) is 5.58 Å². The van der Waals surface area contributed by atoms with E-state index in [1.54, 1.807) is 32.4 Å². The summed E-state index contributed by atoms with van der Waals surface area (Å²) in [6.07, 6.45) is -0.806. The minimum atomic E-state index is -0.806. The van der Waals surface area contributed by atoms with E-state index >= 15 is 0 Å². The second kappa shape index (κ2) is 4.81. The van der Waals surface area contributed by atoms with Gasteiger partial charge in [0.1, 0.15) is 11.9 Å². The summed E-state index contributed by atoms with van der Waals surface area (Å²) in [5, 5.41) is 12.3. The summed E-state index contributed by atoms with van der Waals surface area (Å²) < 4.78 is 11.8. The number of ether oxygens (including phenoxy) is 1. The Morgan fingerprint density at radius 1 is 1.40 bits per heavy atom. The van der Waals surface area contributed by atoms with Gasteiger partial charge in [-0.3, -0.25) is 4.57 Å². The highest BCUT2D eigenvalue weighted by atomic mass is 32.1. The van der Waals surface area contributed by atoms with Crippen LogP contribution in [0.2, 0.25) is 0 Å². The predicted octanol–water partition coefficient (Wildman–Crippen LogP) is 2.28. The Hall–Kier alpha value is -2.05. The van der Waals surface area contributed by atoms with Crippen molar-refractivity contribution in [2.24, 2.45) is 7.05 Å². The molecule has 1 unspecified atom stereocenters. The number of aliphatic hydroxyl groups is 1. The SMILES string of the molecule is COc1ccsc1C(O)c1ccc2c(c1)oc(=O)n2C. The zero-order valence-electron chi connectivity index (χ0n) is 11.0. The third-order valence-corrected chi connectivity index (χ3v) is 4.21. The zero-order chi connectivity index (χ0) is 14.3. The van der Waals surface area contributed by atoms with Crippen LogP contribution in [0.15, 0.2) is 38.9 Å². The van der Waals surface area contributed by atoms with Gasteiger partial charge in [-0.1, -0.05) is 6.07 Å². The fourth-order valence-electron chi connectivity index (χ4n) is 2.15. The van der Waals surface area contributed by atoms with Crippen LogP contribution in [0.25, 0.3) is 11.1 Å². The molecule has 3 aromatic rings. The second-order valence-electron chi connectivity index (χ2n) is 4.41. The van der Waals surface area contributed by atoms with Crippen molar-refractivity contribution in [2.75, 3.05) is 7.11 Å². The molecule has 0 bridgehead atoms. The van der Waals surface area contributed by atoms with Crippen molar-refractivity contribution in [2.45, 2.75) is 6.10 Å². The quantitative estimate of drug-likeness (QED) is 0.804. The van der Waals surface area contributed by atoms with Gasteiger partial charge in [0.05, 0.1) is 17.5 Å². The molecular weight excluding hydrogens is 278 g/mol. The normalized spacial score (nSPS) is 12.8. The van der Waals surface area contributed by atoms with E-state index < -0.39 is 11.9 Å². The van der Waals surface area contributed by atoms with Crippen LogP contribution in [0.5, 0.6) is 5.75 Å². The van der Waals surface area contributed by atoms with Crippen molar-refractivity contribution >= 4 is 22.4 Å². The standard InChI is InChI=1S/C14H13NO4S/c1-15-9-4-3-8(7-11(9)19-14(15)17)12(16)13-10(18-2)5-6-20-13/h3-7,12,16H,1-2H3. The van der Waals surface area contributed by atoms with Crippen molar-refractivity contribution in [1.29, 1.82) is 0 Å². The van der Waals surface area contributed by atoms with Crippen LogP contribution < -0.4 is 10.5 Å². The first-order valence-corrected chi connectivity index (χ1v) is 6.88. The Labute approximate surface area is 118 Å². The number of methoxy groups -OCH3 is 1. The topological polar surface area (TPSA) is 64.6 Å². The van der Waals surface area contributed by atoms with E-state index in [1.165, 1.54) is 15.9 Å². The van der Waals surface area contributed by atoms with Gasteiger partial charge in [0.2, 0.25) is 0 Å².